The van der Waals surface area contributed by atoms with E-state index in [-0.39, 0.29) is 19.0 Å². The fourth-order valence-electron chi connectivity index (χ4n) is 1.60. The van der Waals surface area contributed by atoms with Crippen LogP contribution in [0.25, 0.3) is 0 Å². The Morgan fingerprint density at radius 1 is 1.29 bits per heavy atom. The Bertz CT molecular complexity index is 360. The minimum atomic E-state index is -0.0496. The van der Waals surface area contributed by atoms with Crippen LogP contribution < -0.4 is 4.74 Å². The van der Waals surface area contributed by atoms with Gasteiger partial charge in [-0.15, -0.1) is 0 Å². The first kappa shape index (κ1) is 13.7. The average Bonchev–Trinajstić information content (AvgIpc) is 2.36. The van der Waals surface area contributed by atoms with E-state index in [4.69, 9.17) is 9.47 Å². The predicted molar refractivity (Wildman–Crippen MR) is 67.5 cm³/mol. The first-order chi connectivity index (χ1) is 8.19. The van der Waals surface area contributed by atoms with E-state index in [0.29, 0.717) is 5.92 Å². The molecular formula is C14H20O3. The van der Waals surface area contributed by atoms with Crippen LogP contribution in [-0.4, -0.2) is 26.1 Å². The Kier molecular flexibility index (Phi) is 5.70. The number of carbonyl (C=O) groups is 1. The van der Waals surface area contributed by atoms with E-state index in [9.17, 15) is 4.79 Å². The molecule has 0 N–H and O–H groups in total. The van der Waals surface area contributed by atoms with Crippen molar-refractivity contribution >= 4 is 5.78 Å². The zero-order chi connectivity index (χ0) is 12.7. The lowest BCUT2D eigenvalue weighted by Crippen LogP contribution is -2.17. The van der Waals surface area contributed by atoms with Crippen molar-refractivity contribution in [2.24, 2.45) is 0 Å². The summed E-state index contributed by atoms with van der Waals surface area (Å²) in [6.45, 7) is 4.46. The van der Waals surface area contributed by atoms with Gasteiger partial charge in [0.1, 0.15) is 19.0 Å². The van der Waals surface area contributed by atoms with Gasteiger partial charge < -0.3 is 9.47 Å². The molecule has 0 bridgehead atoms. The summed E-state index contributed by atoms with van der Waals surface area (Å²) in [5.74, 6) is 1.18. The normalized spacial score (nSPS) is 12.2. The molecule has 1 unspecified atom stereocenters. The third-order valence-electron chi connectivity index (χ3n) is 2.76. The van der Waals surface area contributed by atoms with Crippen LogP contribution in [0.1, 0.15) is 31.7 Å². The summed E-state index contributed by atoms with van der Waals surface area (Å²) < 4.78 is 10.3. The molecule has 17 heavy (non-hydrogen) atoms. The fraction of sp³-hybridized carbons (Fsp3) is 0.500. The Hall–Kier alpha value is -1.35. The Morgan fingerprint density at radius 3 is 2.65 bits per heavy atom. The van der Waals surface area contributed by atoms with Crippen LogP contribution in [0.3, 0.4) is 0 Å². The van der Waals surface area contributed by atoms with Gasteiger partial charge in [-0.05, 0) is 24.0 Å². The molecule has 0 fully saturated rings. The van der Waals surface area contributed by atoms with Crippen LogP contribution in [0.5, 0.6) is 5.75 Å². The second kappa shape index (κ2) is 7.07. The summed E-state index contributed by atoms with van der Waals surface area (Å²) in [6.07, 6.45) is 1.05. The molecule has 0 spiro atoms. The molecule has 0 aromatic heterocycles. The van der Waals surface area contributed by atoms with Crippen molar-refractivity contribution in [3.63, 3.8) is 0 Å². The molecule has 3 heteroatoms. The SMILES string of the molecule is CCC(C)c1ccccc1OCC(=O)COC. The van der Waals surface area contributed by atoms with Crippen LogP contribution in [0.15, 0.2) is 24.3 Å². The second-order valence-corrected chi connectivity index (χ2v) is 4.11. The summed E-state index contributed by atoms with van der Waals surface area (Å²) in [5, 5.41) is 0. The van der Waals surface area contributed by atoms with Gasteiger partial charge in [-0.25, -0.2) is 0 Å². The number of hydrogen-bond acceptors (Lipinski definition) is 3. The maximum atomic E-state index is 11.3. The maximum Gasteiger partial charge on any atom is 0.195 e. The van der Waals surface area contributed by atoms with Gasteiger partial charge in [0.15, 0.2) is 5.78 Å². The number of methoxy groups -OCH3 is 1. The summed E-state index contributed by atoms with van der Waals surface area (Å²) in [7, 11) is 1.50. The highest BCUT2D eigenvalue weighted by Crippen LogP contribution is 2.28. The van der Waals surface area contributed by atoms with Gasteiger partial charge in [0.05, 0.1) is 0 Å². The molecular weight excluding hydrogens is 216 g/mol. The lowest BCUT2D eigenvalue weighted by molar-refractivity contribution is -0.124. The molecule has 3 nitrogen and oxygen atoms in total. The van der Waals surface area contributed by atoms with E-state index >= 15 is 0 Å². The standard InChI is InChI=1S/C14H20O3/c1-4-11(2)13-7-5-6-8-14(13)17-10-12(15)9-16-3/h5-8,11H,4,9-10H2,1-3H3. The number of para-hydroxylation sites is 1. The van der Waals surface area contributed by atoms with E-state index in [1.54, 1.807) is 0 Å². The van der Waals surface area contributed by atoms with Crippen molar-refractivity contribution in [2.45, 2.75) is 26.2 Å². The van der Waals surface area contributed by atoms with Gasteiger partial charge >= 0.3 is 0 Å². The Morgan fingerprint density at radius 2 is 2.00 bits per heavy atom. The average molecular weight is 236 g/mol. The molecule has 0 heterocycles. The van der Waals surface area contributed by atoms with Crippen LogP contribution in [0.2, 0.25) is 0 Å². The molecule has 1 atom stereocenters. The van der Waals surface area contributed by atoms with Crippen molar-refractivity contribution in [1.82, 2.24) is 0 Å². The van der Waals surface area contributed by atoms with Gasteiger partial charge in [-0.3, -0.25) is 4.79 Å². The number of ketones is 1. The van der Waals surface area contributed by atoms with E-state index in [1.807, 2.05) is 24.3 Å². The first-order valence-corrected chi connectivity index (χ1v) is 5.91. The molecule has 0 amide bonds. The molecule has 0 aliphatic heterocycles. The quantitative estimate of drug-likeness (QED) is 0.730. The van der Waals surface area contributed by atoms with Crippen molar-refractivity contribution < 1.29 is 14.3 Å². The highest BCUT2D eigenvalue weighted by molar-refractivity contribution is 5.81. The number of carbonyl (C=O) groups excluding carboxylic acids is 1. The molecule has 0 saturated heterocycles. The fourth-order valence-corrected chi connectivity index (χ4v) is 1.60. The number of rotatable bonds is 7. The molecule has 0 aliphatic rings. The number of Topliss-reactive ketones (excluding diaryl/α,β-unsaturated/α-hetero) is 1. The lowest BCUT2D eigenvalue weighted by Gasteiger charge is -2.15. The Balaban J connectivity index is 2.67. The van der Waals surface area contributed by atoms with Gasteiger partial charge in [-0.1, -0.05) is 32.0 Å². The zero-order valence-corrected chi connectivity index (χ0v) is 10.7. The van der Waals surface area contributed by atoms with Crippen LogP contribution in [0, 0.1) is 0 Å². The van der Waals surface area contributed by atoms with E-state index in [0.717, 1.165) is 17.7 Å². The molecule has 1 aromatic carbocycles. The van der Waals surface area contributed by atoms with E-state index < -0.39 is 0 Å². The predicted octanol–water partition coefficient (Wildman–Crippen LogP) is 2.79. The number of hydrogen-bond donors (Lipinski definition) is 0. The largest absolute Gasteiger partial charge is 0.485 e. The van der Waals surface area contributed by atoms with Crippen molar-refractivity contribution in [3.8, 4) is 5.75 Å². The summed E-state index contributed by atoms with van der Waals surface area (Å²) >= 11 is 0. The third-order valence-corrected chi connectivity index (χ3v) is 2.76. The first-order valence-electron chi connectivity index (χ1n) is 5.91. The van der Waals surface area contributed by atoms with Crippen molar-refractivity contribution in [1.29, 1.82) is 0 Å². The highest BCUT2D eigenvalue weighted by Gasteiger charge is 2.10. The van der Waals surface area contributed by atoms with Crippen LogP contribution in [-0.2, 0) is 9.53 Å². The minimum Gasteiger partial charge on any atom is -0.485 e. The van der Waals surface area contributed by atoms with Gasteiger partial charge in [0.2, 0.25) is 0 Å². The third kappa shape index (κ3) is 4.19. The van der Waals surface area contributed by atoms with Crippen molar-refractivity contribution in [3.05, 3.63) is 29.8 Å². The molecule has 0 saturated carbocycles. The van der Waals surface area contributed by atoms with Crippen LogP contribution in [0.4, 0.5) is 0 Å². The maximum absolute atomic E-state index is 11.3. The summed E-state index contributed by atoms with van der Waals surface area (Å²) in [6, 6.07) is 7.86. The highest BCUT2D eigenvalue weighted by atomic mass is 16.5. The lowest BCUT2D eigenvalue weighted by atomic mass is 9.98. The Labute approximate surface area is 103 Å². The van der Waals surface area contributed by atoms with Gasteiger partial charge in [0, 0.05) is 7.11 Å². The molecule has 1 rings (SSSR count). The van der Waals surface area contributed by atoms with Gasteiger partial charge in [-0.2, -0.15) is 0 Å². The topological polar surface area (TPSA) is 35.5 Å². The molecule has 0 radical (unpaired) electrons. The summed E-state index contributed by atoms with van der Waals surface area (Å²) in [4.78, 5) is 11.3. The second-order valence-electron chi connectivity index (χ2n) is 4.11. The smallest absolute Gasteiger partial charge is 0.195 e. The molecule has 94 valence electrons. The van der Waals surface area contributed by atoms with Gasteiger partial charge in [0.25, 0.3) is 0 Å². The monoisotopic (exact) mass is 236 g/mol. The van der Waals surface area contributed by atoms with Crippen LogP contribution >= 0.6 is 0 Å². The molecule has 0 aliphatic carbocycles. The molecule has 1 aromatic rings. The zero-order valence-electron chi connectivity index (χ0n) is 10.7. The minimum absolute atomic E-state index is 0.0496. The van der Waals surface area contributed by atoms with E-state index in [2.05, 4.69) is 13.8 Å². The van der Waals surface area contributed by atoms with Crippen molar-refractivity contribution in [2.75, 3.05) is 20.3 Å². The summed E-state index contributed by atoms with van der Waals surface area (Å²) in [5.41, 5.74) is 1.15. The number of ether oxygens (including phenoxy) is 2. The number of benzene rings is 1. The van der Waals surface area contributed by atoms with E-state index in [1.165, 1.54) is 7.11 Å².